The lowest BCUT2D eigenvalue weighted by atomic mass is 10.1. The number of benzene rings is 1. The number of hydrogen-bond acceptors (Lipinski definition) is 3. The van der Waals surface area contributed by atoms with Gasteiger partial charge in [-0.3, -0.25) is 9.59 Å². The molecule has 1 fully saturated rings. The van der Waals surface area contributed by atoms with E-state index in [1.54, 1.807) is 29.2 Å². The van der Waals surface area contributed by atoms with Crippen LogP contribution in [0.4, 0.5) is 5.69 Å². The van der Waals surface area contributed by atoms with E-state index in [-0.39, 0.29) is 17.9 Å². The number of carbonyl (C=O) groups excluding carboxylic acids is 2. The van der Waals surface area contributed by atoms with E-state index in [0.717, 1.165) is 12.8 Å². The summed E-state index contributed by atoms with van der Waals surface area (Å²) < 4.78 is 5.35. The van der Waals surface area contributed by atoms with Gasteiger partial charge in [-0.25, -0.2) is 0 Å². The average molecular weight is 290 g/mol. The summed E-state index contributed by atoms with van der Waals surface area (Å²) in [6.45, 7) is 5.87. The van der Waals surface area contributed by atoms with Gasteiger partial charge < -0.3 is 15.0 Å². The van der Waals surface area contributed by atoms with Crippen LogP contribution >= 0.6 is 0 Å². The predicted molar refractivity (Wildman–Crippen MR) is 81.3 cm³/mol. The van der Waals surface area contributed by atoms with Gasteiger partial charge in [0.2, 0.25) is 0 Å². The van der Waals surface area contributed by atoms with Crippen LogP contribution in [-0.2, 0) is 9.53 Å². The first-order valence-corrected chi connectivity index (χ1v) is 7.47. The van der Waals surface area contributed by atoms with Gasteiger partial charge in [0.25, 0.3) is 11.8 Å². The molecule has 1 aromatic rings. The molecule has 2 rings (SSSR count). The number of nitrogens with zero attached hydrogens (tertiary/aromatic N) is 1. The van der Waals surface area contributed by atoms with Crippen molar-refractivity contribution in [1.29, 1.82) is 0 Å². The minimum atomic E-state index is -0.368. The van der Waals surface area contributed by atoms with Gasteiger partial charge in [0.15, 0.2) is 0 Å². The monoisotopic (exact) mass is 290 g/mol. The van der Waals surface area contributed by atoms with Crippen molar-refractivity contribution in [3.63, 3.8) is 0 Å². The zero-order chi connectivity index (χ0) is 15.2. The number of ether oxygens (including phenoxy) is 1. The molecule has 0 spiro atoms. The summed E-state index contributed by atoms with van der Waals surface area (Å²) in [6, 6.07) is 7.05. The Kier molecular flexibility index (Phi) is 5.33. The van der Waals surface area contributed by atoms with Crippen LogP contribution in [0.2, 0.25) is 0 Å². The van der Waals surface area contributed by atoms with Crippen molar-refractivity contribution in [2.45, 2.75) is 32.8 Å². The van der Waals surface area contributed by atoms with Crippen LogP contribution < -0.4 is 5.32 Å². The smallest absolute Gasteiger partial charge is 0.253 e. The van der Waals surface area contributed by atoms with Gasteiger partial charge in [-0.05, 0) is 44.9 Å². The largest absolute Gasteiger partial charge is 0.368 e. The van der Waals surface area contributed by atoms with Gasteiger partial charge in [-0.1, -0.05) is 6.07 Å². The van der Waals surface area contributed by atoms with Gasteiger partial charge in [-0.15, -0.1) is 0 Å². The lowest BCUT2D eigenvalue weighted by Crippen LogP contribution is -2.30. The highest BCUT2D eigenvalue weighted by Crippen LogP contribution is 2.17. The maximum absolute atomic E-state index is 12.3. The van der Waals surface area contributed by atoms with Crippen LogP contribution in [0.25, 0.3) is 0 Å². The molecule has 114 valence electrons. The number of hydrogen-bond donors (Lipinski definition) is 1. The second-order valence-corrected chi connectivity index (χ2v) is 5.05. The van der Waals surface area contributed by atoms with Gasteiger partial charge in [0, 0.05) is 30.9 Å². The number of carbonyl (C=O) groups is 2. The van der Waals surface area contributed by atoms with Crippen molar-refractivity contribution in [1.82, 2.24) is 4.90 Å². The van der Waals surface area contributed by atoms with Crippen molar-refractivity contribution >= 4 is 17.5 Å². The molecule has 0 radical (unpaired) electrons. The molecular weight excluding hydrogens is 268 g/mol. The third kappa shape index (κ3) is 3.82. The average Bonchev–Trinajstić information content (AvgIpc) is 3.03. The van der Waals surface area contributed by atoms with E-state index >= 15 is 0 Å². The first-order chi connectivity index (χ1) is 10.2. The van der Waals surface area contributed by atoms with Crippen LogP contribution in [0.15, 0.2) is 24.3 Å². The lowest BCUT2D eigenvalue weighted by Gasteiger charge is -2.19. The molecule has 0 unspecified atom stereocenters. The second kappa shape index (κ2) is 7.22. The summed E-state index contributed by atoms with van der Waals surface area (Å²) in [6.07, 6.45) is 1.30. The Morgan fingerprint density at radius 3 is 2.71 bits per heavy atom. The summed E-state index contributed by atoms with van der Waals surface area (Å²) >= 11 is 0. The number of nitrogens with one attached hydrogen (secondary N) is 1. The molecule has 0 saturated carbocycles. The Bertz CT molecular complexity index is 506. The molecule has 0 aliphatic carbocycles. The molecule has 5 heteroatoms. The quantitative estimate of drug-likeness (QED) is 0.905. The van der Waals surface area contributed by atoms with Gasteiger partial charge in [0.05, 0.1) is 0 Å². The molecular formula is C16H22N2O3. The number of anilines is 1. The topological polar surface area (TPSA) is 58.6 Å². The third-order valence-electron chi connectivity index (χ3n) is 3.65. The van der Waals surface area contributed by atoms with Crippen LogP contribution in [0, 0.1) is 0 Å². The summed E-state index contributed by atoms with van der Waals surface area (Å²) in [5.74, 6) is -0.159. The maximum atomic E-state index is 12.3. The molecule has 2 amide bonds. The Morgan fingerprint density at radius 2 is 2.10 bits per heavy atom. The Balaban J connectivity index is 2.06. The molecule has 1 heterocycles. The highest BCUT2D eigenvalue weighted by atomic mass is 16.5. The minimum Gasteiger partial charge on any atom is -0.368 e. The fourth-order valence-electron chi connectivity index (χ4n) is 2.43. The van der Waals surface area contributed by atoms with E-state index in [2.05, 4.69) is 5.32 Å². The van der Waals surface area contributed by atoms with Crippen molar-refractivity contribution in [3.8, 4) is 0 Å². The molecule has 5 nitrogen and oxygen atoms in total. The van der Waals surface area contributed by atoms with Crippen molar-refractivity contribution in [3.05, 3.63) is 29.8 Å². The fourth-order valence-corrected chi connectivity index (χ4v) is 2.43. The Labute approximate surface area is 125 Å². The number of rotatable bonds is 5. The first-order valence-electron chi connectivity index (χ1n) is 7.47. The molecule has 1 aliphatic rings. The molecule has 21 heavy (non-hydrogen) atoms. The molecule has 1 aromatic carbocycles. The zero-order valence-corrected chi connectivity index (χ0v) is 12.6. The van der Waals surface area contributed by atoms with E-state index in [1.807, 2.05) is 13.8 Å². The predicted octanol–water partition coefficient (Wildman–Crippen LogP) is 2.29. The van der Waals surface area contributed by atoms with Crippen molar-refractivity contribution < 1.29 is 14.3 Å². The van der Waals surface area contributed by atoms with Crippen molar-refractivity contribution in [2.24, 2.45) is 0 Å². The number of amides is 2. The molecule has 1 saturated heterocycles. The second-order valence-electron chi connectivity index (χ2n) is 5.05. The van der Waals surface area contributed by atoms with Gasteiger partial charge in [0.1, 0.15) is 6.10 Å². The summed E-state index contributed by atoms with van der Waals surface area (Å²) in [4.78, 5) is 26.1. The van der Waals surface area contributed by atoms with Crippen LogP contribution in [0.1, 0.15) is 37.0 Å². The van der Waals surface area contributed by atoms with Gasteiger partial charge in [-0.2, -0.15) is 0 Å². The maximum Gasteiger partial charge on any atom is 0.253 e. The van der Waals surface area contributed by atoms with E-state index in [0.29, 0.717) is 30.9 Å². The summed E-state index contributed by atoms with van der Waals surface area (Å²) in [5.41, 5.74) is 1.22. The normalized spacial score (nSPS) is 17.5. The van der Waals surface area contributed by atoms with Crippen LogP contribution in [-0.4, -0.2) is 42.5 Å². The molecule has 0 aromatic heterocycles. The van der Waals surface area contributed by atoms with E-state index in [9.17, 15) is 9.59 Å². The Hall–Kier alpha value is -1.88. The zero-order valence-electron chi connectivity index (χ0n) is 12.6. The molecule has 1 atom stereocenters. The molecule has 1 aliphatic heterocycles. The van der Waals surface area contributed by atoms with E-state index in [4.69, 9.17) is 4.74 Å². The highest BCUT2D eigenvalue weighted by Gasteiger charge is 2.23. The summed E-state index contributed by atoms with van der Waals surface area (Å²) in [7, 11) is 0. The minimum absolute atomic E-state index is 0.0202. The Morgan fingerprint density at radius 1 is 1.33 bits per heavy atom. The highest BCUT2D eigenvalue weighted by molar-refractivity contribution is 5.98. The fraction of sp³-hybridized carbons (Fsp3) is 0.500. The van der Waals surface area contributed by atoms with E-state index < -0.39 is 0 Å². The van der Waals surface area contributed by atoms with Crippen LogP contribution in [0.3, 0.4) is 0 Å². The van der Waals surface area contributed by atoms with E-state index in [1.165, 1.54) is 0 Å². The standard InChI is InChI=1S/C16H22N2O3/c1-3-18(4-2)16(20)12-7-5-8-13(11-12)17-15(19)14-9-6-10-21-14/h5,7-8,11,14H,3-4,6,9-10H2,1-2H3,(H,17,19)/t14-/m1/s1. The molecule has 0 bridgehead atoms. The van der Waals surface area contributed by atoms with Gasteiger partial charge >= 0.3 is 0 Å². The third-order valence-corrected chi connectivity index (χ3v) is 3.65. The summed E-state index contributed by atoms with van der Waals surface area (Å²) in [5, 5.41) is 2.82. The molecule has 1 N–H and O–H groups in total. The SMILES string of the molecule is CCN(CC)C(=O)c1cccc(NC(=O)[C@H]2CCCO2)c1. The van der Waals surface area contributed by atoms with Crippen LogP contribution in [0.5, 0.6) is 0 Å². The lowest BCUT2D eigenvalue weighted by molar-refractivity contribution is -0.124. The van der Waals surface area contributed by atoms with Crippen molar-refractivity contribution in [2.75, 3.05) is 25.0 Å². The first kappa shape index (κ1) is 15.5.